The van der Waals surface area contributed by atoms with E-state index < -0.39 is 10.0 Å². The minimum absolute atomic E-state index is 0.0841. The molecule has 0 fully saturated rings. The Morgan fingerprint density at radius 1 is 1.10 bits per heavy atom. The molecule has 0 bridgehead atoms. The van der Waals surface area contributed by atoms with Gasteiger partial charge in [0, 0.05) is 5.57 Å². The van der Waals surface area contributed by atoms with Crippen molar-refractivity contribution in [3.05, 3.63) is 76.9 Å². The monoisotopic (exact) mass is 440 g/mol. The van der Waals surface area contributed by atoms with E-state index in [0.717, 1.165) is 17.4 Å². The van der Waals surface area contributed by atoms with Crippen molar-refractivity contribution in [3.63, 3.8) is 0 Å². The summed E-state index contributed by atoms with van der Waals surface area (Å²) in [6.07, 6.45) is 4.54. The Morgan fingerprint density at radius 2 is 1.71 bits per heavy atom. The second kappa shape index (κ2) is 9.52. The fraction of sp³-hybridized carbons (Fsp3) is 0.320. The summed E-state index contributed by atoms with van der Waals surface area (Å²) in [5.74, 6) is -0.161. The van der Waals surface area contributed by atoms with E-state index in [2.05, 4.69) is 49.5 Å². The van der Waals surface area contributed by atoms with Crippen LogP contribution in [0.3, 0.4) is 0 Å². The number of carbonyl (C=O) groups excluding carboxylic acids is 1. The normalized spacial score (nSPS) is 13.4. The van der Waals surface area contributed by atoms with E-state index >= 15 is 0 Å². The highest BCUT2D eigenvalue weighted by Crippen LogP contribution is 2.25. The molecule has 0 aromatic heterocycles. The molecular formula is C25H32N2O3S. The van der Waals surface area contributed by atoms with Gasteiger partial charge in [0.05, 0.1) is 18.0 Å². The van der Waals surface area contributed by atoms with Crippen molar-refractivity contribution in [1.82, 2.24) is 5.32 Å². The molecule has 1 atom stereocenters. The summed E-state index contributed by atoms with van der Waals surface area (Å²) in [5.41, 5.74) is 4.86. The van der Waals surface area contributed by atoms with Crippen LogP contribution >= 0.6 is 0 Å². The maximum absolute atomic E-state index is 12.7. The van der Waals surface area contributed by atoms with Gasteiger partial charge < -0.3 is 5.32 Å². The molecule has 0 saturated heterocycles. The lowest BCUT2D eigenvalue weighted by Gasteiger charge is -2.19. The molecule has 1 amide bonds. The van der Waals surface area contributed by atoms with Gasteiger partial charge in [-0.2, -0.15) is 0 Å². The van der Waals surface area contributed by atoms with Gasteiger partial charge in [0.2, 0.25) is 15.9 Å². The van der Waals surface area contributed by atoms with Gasteiger partial charge in [-0.1, -0.05) is 63.8 Å². The lowest BCUT2D eigenvalue weighted by molar-refractivity contribution is -0.118. The van der Waals surface area contributed by atoms with E-state index in [1.807, 2.05) is 31.2 Å². The molecule has 166 valence electrons. The van der Waals surface area contributed by atoms with Crippen LogP contribution in [-0.2, 0) is 20.2 Å². The molecule has 31 heavy (non-hydrogen) atoms. The Hall–Kier alpha value is -2.86. The molecule has 0 radical (unpaired) electrons. The van der Waals surface area contributed by atoms with Gasteiger partial charge in [-0.15, -0.1) is 0 Å². The van der Waals surface area contributed by atoms with Crippen molar-refractivity contribution in [2.24, 2.45) is 0 Å². The van der Waals surface area contributed by atoms with Gasteiger partial charge >= 0.3 is 0 Å². The summed E-state index contributed by atoms with van der Waals surface area (Å²) in [7, 11) is -3.39. The second-order valence-electron chi connectivity index (χ2n) is 8.82. The lowest BCUT2D eigenvalue weighted by Crippen LogP contribution is -2.27. The van der Waals surface area contributed by atoms with Crippen LogP contribution in [0.25, 0.3) is 12.2 Å². The Bertz CT molecular complexity index is 1090. The topological polar surface area (TPSA) is 75.3 Å². The highest BCUT2D eigenvalue weighted by Gasteiger charge is 2.15. The van der Waals surface area contributed by atoms with Crippen LogP contribution in [0.2, 0.25) is 0 Å². The molecule has 0 aliphatic rings. The minimum atomic E-state index is -3.39. The summed E-state index contributed by atoms with van der Waals surface area (Å²) >= 11 is 0. The molecule has 0 aliphatic heterocycles. The maximum Gasteiger partial charge on any atom is 0.247 e. The summed E-state index contributed by atoms with van der Waals surface area (Å²) in [6, 6.07) is 13.2. The third-order valence-electron chi connectivity index (χ3n) is 4.96. The molecule has 2 rings (SSSR count). The molecule has 0 heterocycles. The first-order valence-corrected chi connectivity index (χ1v) is 12.0. The Labute approximate surface area is 186 Å². The number of carbonyl (C=O) groups is 1. The fourth-order valence-electron chi connectivity index (χ4n) is 3.10. The van der Waals surface area contributed by atoms with Gasteiger partial charge in [-0.3, -0.25) is 9.52 Å². The second-order valence-corrected chi connectivity index (χ2v) is 10.6. The van der Waals surface area contributed by atoms with Crippen molar-refractivity contribution in [2.75, 3.05) is 11.0 Å². The zero-order valence-corrected chi connectivity index (χ0v) is 19.9. The number of hydrogen-bond donors (Lipinski definition) is 2. The zero-order chi connectivity index (χ0) is 23.4. The number of nitrogens with one attached hydrogen (secondary N) is 2. The highest BCUT2D eigenvalue weighted by molar-refractivity contribution is 7.92. The smallest absolute Gasteiger partial charge is 0.247 e. The van der Waals surface area contributed by atoms with Crippen LogP contribution in [0.5, 0.6) is 0 Å². The first-order chi connectivity index (χ1) is 14.3. The lowest BCUT2D eigenvalue weighted by atomic mass is 9.86. The predicted molar refractivity (Wildman–Crippen MR) is 130 cm³/mol. The van der Waals surface area contributed by atoms with Gasteiger partial charge in [0.25, 0.3) is 0 Å². The van der Waals surface area contributed by atoms with Crippen LogP contribution < -0.4 is 10.0 Å². The van der Waals surface area contributed by atoms with Crippen LogP contribution in [0.15, 0.2) is 54.6 Å². The maximum atomic E-state index is 12.7. The number of sulfonamides is 1. The number of benzene rings is 2. The van der Waals surface area contributed by atoms with E-state index in [-0.39, 0.29) is 17.4 Å². The number of amides is 1. The molecule has 2 aromatic rings. The molecule has 2 N–H and O–H groups in total. The molecule has 0 unspecified atom stereocenters. The van der Waals surface area contributed by atoms with Crippen molar-refractivity contribution in [1.29, 1.82) is 0 Å². The number of anilines is 1. The number of hydrogen-bond acceptors (Lipinski definition) is 3. The van der Waals surface area contributed by atoms with Crippen LogP contribution in [0.1, 0.15) is 62.9 Å². The molecule has 0 saturated carbocycles. The Kier molecular flexibility index (Phi) is 7.49. The summed E-state index contributed by atoms with van der Waals surface area (Å²) < 4.78 is 25.5. The first kappa shape index (κ1) is 24.4. The van der Waals surface area contributed by atoms with Gasteiger partial charge in [0.1, 0.15) is 0 Å². The molecule has 2 aromatic carbocycles. The third-order valence-corrected chi connectivity index (χ3v) is 5.55. The average Bonchev–Trinajstić information content (AvgIpc) is 2.66. The average molecular weight is 441 g/mol. The van der Waals surface area contributed by atoms with E-state index in [1.165, 1.54) is 5.56 Å². The summed E-state index contributed by atoms with van der Waals surface area (Å²) in [6.45, 7) is 13.9. The van der Waals surface area contributed by atoms with Crippen molar-refractivity contribution < 1.29 is 13.2 Å². The quantitative estimate of drug-likeness (QED) is 0.575. The van der Waals surface area contributed by atoms with E-state index in [0.29, 0.717) is 16.8 Å². The molecule has 6 heteroatoms. The Balaban J connectivity index is 2.14. The first-order valence-electron chi connectivity index (χ1n) is 10.1. The van der Waals surface area contributed by atoms with Gasteiger partial charge in [-0.05, 0) is 59.7 Å². The number of rotatable bonds is 7. The summed E-state index contributed by atoms with van der Waals surface area (Å²) in [4.78, 5) is 12.7. The van der Waals surface area contributed by atoms with Crippen molar-refractivity contribution >= 4 is 33.8 Å². The van der Waals surface area contributed by atoms with Crippen molar-refractivity contribution in [3.8, 4) is 0 Å². The van der Waals surface area contributed by atoms with Gasteiger partial charge in [0.15, 0.2) is 0 Å². The summed E-state index contributed by atoms with van der Waals surface area (Å²) in [5, 5.41) is 2.99. The SMILES string of the molecule is C=Cc1cc([C@@H](C)NC(=O)C(C)=Cc2ccc(C(C)(C)C)cc2)ccc1NS(C)(=O)=O. The third kappa shape index (κ3) is 7.10. The van der Waals surface area contributed by atoms with E-state index in [4.69, 9.17) is 0 Å². The van der Waals surface area contributed by atoms with Crippen LogP contribution in [0.4, 0.5) is 5.69 Å². The highest BCUT2D eigenvalue weighted by atomic mass is 32.2. The van der Waals surface area contributed by atoms with Crippen LogP contribution in [-0.4, -0.2) is 20.6 Å². The minimum Gasteiger partial charge on any atom is -0.346 e. The molecule has 0 aliphatic carbocycles. The Morgan fingerprint density at radius 3 is 2.23 bits per heavy atom. The van der Waals surface area contributed by atoms with Crippen molar-refractivity contribution in [2.45, 2.75) is 46.1 Å². The van der Waals surface area contributed by atoms with Crippen LogP contribution in [0, 0.1) is 0 Å². The van der Waals surface area contributed by atoms with E-state index in [9.17, 15) is 13.2 Å². The molecule has 0 spiro atoms. The predicted octanol–water partition coefficient (Wildman–Crippen LogP) is 5.28. The van der Waals surface area contributed by atoms with Gasteiger partial charge in [-0.25, -0.2) is 8.42 Å². The standard InChI is InChI=1S/C25H32N2O3S/c1-8-20-16-21(11-14-23(20)27-31(7,29)30)18(3)26-24(28)17(2)15-19-9-12-22(13-10-19)25(4,5)6/h8-16,18,27H,1H2,2-7H3,(H,26,28)/t18-/m1/s1. The zero-order valence-electron chi connectivity index (χ0n) is 19.1. The molecular weight excluding hydrogens is 408 g/mol. The molecule has 5 nitrogen and oxygen atoms in total. The van der Waals surface area contributed by atoms with E-state index in [1.54, 1.807) is 25.1 Å². The fourth-order valence-corrected chi connectivity index (χ4v) is 3.69. The largest absolute Gasteiger partial charge is 0.346 e.